The second kappa shape index (κ2) is 8.71. The van der Waals surface area contributed by atoms with E-state index in [0.29, 0.717) is 11.8 Å². The smallest absolute Gasteiger partial charge is 0.121 e. The summed E-state index contributed by atoms with van der Waals surface area (Å²) >= 11 is 0. The van der Waals surface area contributed by atoms with Crippen LogP contribution in [0.2, 0.25) is 0 Å². The molecule has 0 aliphatic carbocycles. The van der Waals surface area contributed by atoms with Crippen LogP contribution in [0.4, 0.5) is 0 Å². The number of hydrogen-bond acceptors (Lipinski definition) is 3. The summed E-state index contributed by atoms with van der Waals surface area (Å²) in [5.74, 6) is 0. The van der Waals surface area contributed by atoms with Crippen molar-refractivity contribution in [2.24, 2.45) is 5.41 Å². The Kier molecular flexibility index (Phi) is 8.49. The summed E-state index contributed by atoms with van der Waals surface area (Å²) in [4.78, 5) is 12.7. The molecule has 3 heteroatoms. The number of aldehydes is 1. The van der Waals surface area contributed by atoms with Crippen LogP contribution in [-0.2, 0) is 4.79 Å². The first-order valence-electron chi connectivity index (χ1n) is 6.26. The van der Waals surface area contributed by atoms with E-state index < -0.39 is 0 Å². The first kappa shape index (κ1) is 15.6. The van der Waals surface area contributed by atoms with Gasteiger partial charge in [-0.2, -0.15) is 0 Å². The molecule has 0 amide bonds. The number of aliphatic hydroxyl groups is 1. The van der Waals surface area contributed by atoms with Gasteiger partial charge in [0.15, 0.2) is 0 Å². The van der Waals surface area contributed by atoms with Crippen molar-refractivity contribution in [3.8, 4) is 0 Å². The highest BCUT2D eigenvalue weighted by atomic mass is 16.2. The Hall–Kier alpha value is -0.410. The maximum Gasteiger partial charge on any atom is 0.121 e. The summed E-state index contributed by atoms with van der Waals surface area (Å²) in [5.41, 5.74) is 0.344. The quantitative estimate of drug-likeness (QED) is 0.486. The topological polar surface area (TPSA) is 40.5 Å². The zero-order chi connectivity index (χ0) is 12.4. The first-order valence-corrected chi connectivity index (χ1v) is 6.26. The predicted molar refractivity (Wildman–Crippen MR) is 67.5 cm³/mol. The minimum absolute atomic E-state index is 0.265. The molecule has 16 heavy (non-hydrogen) atoms. The highest BCUT2D eigenvalue weighted by Crippen LogP contribution is 2.18. The minimum Gasteiger partial charge on any atom is -0.396 e. The lowest BCUT2D eigenvalue weighted by Gasteiger charge is -2.26. The van der Waals surface area contributed by atoms with Crippen LogP contribution in [-0.4, -0.2) is 42.5 Å². The summed E-state index contributed by atoms with van der Waals surface area (Å²) in [5, 5.41) is 8.74. The van der Waals surface area contributed by atoms with Crippen molar-refractivity contribution in [3.05, 3.63) is 0 Å². The molecule has 0 aromatic heterocycles. The third kappa shape index (κ3) is 10.1. The number of nitrogens with zero attached hydrogens (tertiary/aromatic N) is 1. The largest absolute Gasteiger partial charge is 0.396 e. The summed E-state index contributed by atoms with van der Waals surface area (Å²) in [7, 11) is 0. The van der Waals surface area contributed by atoms with Gasteiger partial charge in [-0.1, -0.05) is 20.8 Å². The number of carbonyl (C=O) groups is 1. The summed E-state index contributed by atoms with van der Waals surface area (Å²) in [6.07, 6.45) is 4.61. The van der Waals surface area contributed by atoms with Crippen LogP contribution in [0.25, 0.3) is 0 Å². The van der Waals surface area contributed by atoms with Crippen LogP contribution in [0.15, 0.2) is 0 Å². The average Bonchev–Trinajstić information content (AvgIpc) is 2.20. The molecule has 0 bridgehead atoms. The predicted octanol–water partition coefficient (Wildman–Crippen LogP) is 2.09. The number of rotatable bonds is 9. The van der Waals surface area contributed by atoms with Gasteiger partial charge in [0, 0.05) is 19.6 Å². The minimum atomic E-state index is 0.265. The SMILES string of the molecule is CC(C)(C)CCN(CCC=O)CCCCO. The van der Waals surface area contributed by atoms with Gasteiger partial charge in [0.1, 0.15) is 6.29 Å². The molecular weight excluding hydrogens is 202 g/mol. The van der Waals surface area contributed by atoms with Crippen molar-refractivity contribution in [2.45, 2.75) is 46.5 Å². The molecule has 0 aromatic carbocycles. The molecule has 0 spiro atoms. The molecule has 96 valence electrons. The van der Waals surface area contributed by atoms with Crippen LogP contribution in [0, 0.1) is 5.41 Å². The highest BCUT2D eigenvalue weighted by molar-refractivity contribution is 5.49. The summed E-state index contributed by atoms with van der Waals surface area (Å²) in [6.45, 7) is 9.86. The van der Waals surface area contributed by atoms with E-state index in [1.807, 2.05) is 0 Å². The molecule has 0 unspecified atom stereocenters. The first-order chi connectivity index (χ1) is 7.49. The van der Waals surface area contributed by atoms with Crippen molar-refractivity contribution in [3.63, 3.8) is 0 Å². The van der Waals surface area contributed by atoms with E-state index in [0.717, 1.165) is 45.2 Å². The van der Waals surface area contributed by atoms with E-state index >= 15 is 0 Å². The lowest BCUT2D eigenvalue weighted by Crippen LogP contribution is -2.30. The third-order valence-corrected chi connectivity index (χ3v) is 2.62. The van der Waals surface area contributed by atoms with Crippen molar-refractivity contribution >= 4 is 6.29 Å². The maximum atomic E-state index is 10.4. The van der Waals surface area contributed by atoms with E-state index in [9.17, 15) is 4.79 Å². The molecular formula is C13H27NO2. The average molecular weight is 229 g/mol. The van der Waals surface area contributed by atoms with Crippen LogP contribution >= 0.6 is 0 Å². The van der Waals surface area contributed by atoms with Gasteiger partial charge in [0.05, 0.1) is 0 Å². The third-order valence-electron chi connectivity index (χ3n) is 2.62. The maximum absolute atomic E-state index is 10.4. The van der Waals surface area contributed by atoms with Gasteiger partial charge in [-0.3, -0.25) is 0 Å². The van der Waals surface area contributed by atoms with Crippen molar-refractivity contribution in [1.29, 1.82) is 0 Å². The van der Waals surface area contributed by atoms with Gasteiger partial charge < -0.3 is 14.8 Å². The van der Waals surface area contributed by atoms with Crippen LogP contribution in [0.1, 0.15) is 46.5 Å². The second-order valence-corrected chi connectivity index (χ2v) is 5.54. The van der Waals surface area contributed by atoms with Gasteiger partial charge in [0.2, 0.25) is 0 Å². The fraction of sp³-hybridized carbons (Fsp3) is 0.923. The van der Waals surface area contributed by atoms with E-state index in [1.54, 1.807) is 0 Å². The Labute approximate surface area is 99.8 Å². The summed E-state index contributed by atoms with van der Waals surface area (Å²) in [6, 6.07) is 0. The Balaban J connectivity index is 3.84. The lowest BCUT2D eigenvalue weighted by atomic mass is 9.92. The Bertz CT molecular complexity index is 175. The number of unbranched alkanes of at least 4 members (excludes halogenated alkanes) is 1. The fourth-order valence-electron chi connectivity index (χ4n) is 1.51. The molecule has 1 N–H and O–H groups in total. The highest BCUT2D eigenvalue weighted by Gasteiger charge is 2.12. The lowest BCUT2D eigenvalue weighted by molar-refractivity contribution is -0.108. The van der Waals surface area contributed by atoms with Gasteiger partial charge >= 0.3 is 0 Å². The molecule has 0 heterocycles. The van der Waals surface area contributed by atoms with E-state index in [1.165, 1.54) is 0 Å². The van der Waals surface area contributed by atoms with E-state index in [2.05, 4.69) is 25.7 Å². The number of hydrogen-bond donors (Lipinski definition) is 1. The van der Waals surface area contributed by atoms with Crippen molar-refractivity contribution in [2.75, 3.05) is 26.2 Å². The molecule has 3 nitrogen and oxygen atoms in total. The van der Waals surface area contributed by atoms with E-state index in [-0.39, 0.29) is 6.61 Å². The van der Waals surface area contributed by atoms with Crippen LogP contribution in [0.5, 0.6) is 0 Å². The second-order valence-electron chi connectivity index (χ2n) is 5.54. The molecule has 0 aromatic rings. The molecule has 0 saturated heterocycles. The van der Waals surface area contributed by atoms with Gasteiger partial charge in [0.25, 0.3) is 0 Å². The molecule has 0 atom stereocenters. The van der Waals surface area contributed by atoms with Crippen LogP contribution < -0.4 is 0 Å². The van der Waals surface area contributed by atoms with Crippen molar-refractivity contribution < 1.29 is 9.90 Å². The standard InChI is InChI=1S/C13H27NO2/c1-13(2,3)7-10-14(9-6-12-16)8-4-5-11-15/h12,15H,4-11H2,1-3H3. The van der Waals surface area contributed by atoms with E-state index in [4.69, 9.17) is 5.11 Å². The molecule has 0 rings (SSSR count). The van der Waals surface area contributed by atoms with Crippen molar-refractivity contribution in [1.82, 2.24) is 4.90 Å². The Morgan fingerprint density at radius 3 is 2.31 bits per heavy atom. The fourth-order valence-corrected chi connectivity index (χ4v) is 1.51. The monoisotopic (exact) mass is 229 g/mol. The molecule has 0 saturated carbocycles. The molecule has 0 radical (unpaired) electrons. The van der Waals surface area contributed by atoms with Crippen LogP contribution in [0.3, 0.4) is 0 Å². The molecule has 0 aliphatic heterocycles. The Morgan fingerprint density at radius 2 is 1.81 bits per heavy atom. The number of aliphatic hydroxyl groups excluding tert-OH is 1. The van der Waals surface area contributed by atoms with Gasteiger partial charge in [-0.25, -0.2) is 0 Å². The normalized spacial score (nSPS) is 12.1. The molecule has 0 aliphatic rings. The summed E-state index contributed by atoms with van der Waals surface area (Å²) < 4.78 is 0. The molecule has 0 fully saturated rings. The zero-order valence-electron chi connectivity index (χ0n) is 11.0. The zero-order valence-corrected chi connectivity index (χ0v) is 11.0. The number of carbonyl (C=O) groups excluding carboxylic acids is 1. The van der Waals surface area contributed by atoms with Gasteiger partial charge in [-0.05, 0) is 37.8 Å². The van der Waals surface area contributed by atoms with Gasteiger partial charge in [-0.15, -0.1) is 0 Å². The Morgan fingerprint density at radius 1 is 1.12 bits per heavy atom.